The summed E-state index contributed by atoms with van der Waals surface area (Å²) in [6.45, 7) is 12.7. The van der Waals surface area contributed by atoms with Crippen LogP contribution in [-0.2, 0) is 9.31 Å². The quantitative estimate of drug-likeness (QED) is 0.535. The van der Waals surface area contributed by atoms with E-state index in [-0.39, 0.29) is 18.3 Å². The smallest absolute Gasteiger partial charge is 0.403 e. The largest absolute Gasteiger partial charge is 0.457 e. The third kappa shape index (κ3) is 3.11. The predicted molar refractivity (Wildman–Crippen MR) is 69.5 cm³/mol. The summed E-state index contributed by atoms with van der Waals surface area (Å²) in [5.41, 5.74) is -0.386. The molecule has 1 atom stereocenters. The van der Waals surface area contributed by atoms with Gasteiger partial charge >= 0.3 is 7.12 Å². The number of rotatable bonds is 4. The summed E-state index contributed by atoms with van der Waals surface area (Å²) >= 11 is 0. The molecule has 0 saturated carbocycles. The Morgan fingerprint density at radius 1 is 1.12 bits per heavy atom. The Kier molecular flexibility index (Phi) is 4.25. The fourth-order valence-corrected chi connectivity index (χ4v) is 1.91. The number of allylic oxidation sites excluding steroid dienone is 2. The first kappa shape index (κ1) is 13.8. The molecule has 1 heterocycles. The fourth-order valence-electron chi connectivity index (χ4n) is 1.91. The molecular formula is C13H25BO2. The van der Waals surface area contributed by atoms with E-state index in [0.717, 1.165) is 12.7 Å². The van der Waals surface area contributed by atoms with Crippen LogP contribution < -0.4 is 0 Å². The van der Waals surface area contributed by atoms with Crippen molar-refractivity contribution in [2.24, 2.45) is 5.92 Å². The molecule has 1 rings (SSSR count). The van der Waals surface area contributed by atoms with Crippen LogP contribution in [0.4, 0.5) is 0 Å². The Labute approximate surface area is 101 Å². The normalized spacial score (nSPS) is 25.2. The maximum atomic E-state index is 5.95. The lowest BCUT2D eigenvalue weighted by Crippen LogP contribution is -2.41. The minimum Gasteiger partial charge on any atom is -0.403 e. The van der Waals surface area contributed by atoms with Gasteiger partial charge in [-0.25, -0.2) is 0 Å². The molecule has 0 aromatic rings. The number of hydrogen-bond acceptors (Lipinski definition) is 2. The summed E-state index contributed by atoms with van der Waals surface area (Å²) in [4.78, 5) is 0. The van der Waals surface area contributed by atoms with Crippen LogP contribution >= 0.6 is 0 Å². The van der Waals surface area contributed by atoms with E-state index >= 15 is 0 Å². The van der Waals surface area contributed by atoms with Gasteiger partial charge in [0.05, 0.1) is 11.2 Å². The van der Waals surface area contributed by atoms with Crippen molar-refractivity contribution in [3.8, 4) is 0 Å². The van der Waals surface area contributed by atoms with Crippen LogP contribution in [0.25, 0.3) is 0 Å². The predicted octanol–water partition coefficient (Wildman–Crippen LogP) is 3.68. The molecule has 92 valence electrons. The van der Waals surface area contributed by atoms with Crippen LogP contribution in [0.15, 0.2) is 12.2 Å². The average molecular weight is 224 g/mol. The van der Waals surface area contributed by atoms with Crippen LogP contribution in [0.1, 0.15) is 48.0 Å². The topological polar surface area (TPSA) is 18.5 Å². The zero-order chi connectivity index (χ0) is 12.4. The molecule has 1 aliphatic heterocycles. The van der Waals surface area contributed by atoms with Crippen molar-refractivity contribution >= 4 is 7.12 Å². The van der Waals surface area contributed by atoms with Gasteiger partial charge in [0, 0.05) is 0 Å². The van der Waals surface area contributed by atoms with Crippen LogP contribution in [0.2, 0.25) is 6.32 Å². The first-order valence-electron chi connectivity index (χ1n) is 6.27. The first-order chi connectivity index (χ1) is 7.28. The molecule has 1 aliphatic rings. The van der Waals surface area contributed by atoms with E-state index in [1.54, 1.807) is 0 Å². The monoisotopic (exact) mass is 224 g/mol. The maximum Gasteiger partial charge on any atom is 0.457 e. The molecule has 0 bridgehead atoms. The highest BCUT2D eigenvalue weighted by Crippen LogP contribution is 2.38. The summed E-state index contributed by atoms with van der Waals surface area (Å²) < 4.78 is 11.9. The standard InChI is InChI=1S/C13H25BO2/c1-7-8-11(2)9-10-14-15-12(3,4)13(5,6)16-14/h7-8,11H,9-10H2,1-6H3/b8-7-. The third-order valence-corrected chi connectivity index (χ3v) is 3.68. The zero-order valence-electron chi connectivity index (χ0n) is 11.5. The molecule has 2 nitrogen and oxygen atoms in total. The van der Waals surface area contributed by atoms with E-state index in [1.165, 1.54) is 0 Å². The Balaban J connectivity index is 2.43. The average Bonchev–Trinajstić information content (AvgIpc) is 2.33. The van der Waals surface area contributed by atoms with Crippen LogP contribution in [-0.4, -0.2) is 18.3 Å². The molecule has 0 aromatic carbocycles. The third-order valence-electron chi connectivity index (χ3n) is 3.68. The molecule has 0 aliphatic carbocycles. The highest BCUT2D eigenvalue weighted by molar-refractivity contribution is 6.45. The molecule has 1 unspecified atom stereocenters. The molecular weight excluding hydrogens is 199 g/mol. The lowest BCUT2D eigenvalue weighted by atomic mass is 9.80. The van der Waals surface area contributed by atoms with E-state index < -0.39 is 0 Å². The van der Waals surface area contributed by atoms with E-state index in [2.05, 4.69) is 53.7 Å². The highest BCUT2D eigenvalue weighted by Gasteiger charge is 2.50. The second kappa shape index (κ2) is 4.93. The van der Waals surface area contributed by atoms with Crippen molar-refractivity contribution in [1.82, 2.24) is 0 Å². The molecule has 0 spiro atoms. The van der Waals surface area contributed by atoms with E-state index in [0.29, 0.717) is 5.92 Å². The molecule has 16 heavy (non-hydrogen) atoms. The Morgan fingerprint density at radius 2 is 1.62 bits per heavy atom. The zero-order valence-corrected chi connectivity index (χ0v) is 11.5. The lowest BCUT2D eigenvalue weighted by molar-refractivity contribution is 0.00578. The Morgan fingerprint density at radius 3 is 2.06 bits per heavy atom. The molecule has 0 aromatic heterocycles. The van der Waals surface area contributed by atoms with Crippen molar-refractivity contribution in [1.29, 1.82) is 0 Å². The summed E-state index contributed by atoms with van der Waals surface area (Å²) in [6.07, 6.45) is 6.42. The molecule has 0 N–H and O–H groups in total. The highest BCUT2D eigenvalue weighted by atomic mass is 16.7. The van der Waals surface area contributed by atoms with Gasteiger partial charge in [-0.1, -0.05) is 19.1 Å². The van der Waals surface area contributed by atoms with Gasteiger partial charge in [-0.15, -0.1) is 0 Å². The summed E-state index contributed by atoms with van der Waals surface area (Å²) in [7, 11) is -0.0438. The van der Waals surface area contributed by atoms with Gasteiger partial charge in [-0.3, -0.25) is 0 Å². The van der Waals surface area contributed by atoms with Crippen molar-refractivity contribution in [2.75, 3.05) is 0 Å². The SMILES string of the molecule is C/C=C\C(C)CCB1OC(C)(C)C(C)(C)O1. The van der Waals surface area contributed by atoms with E-state index in [4.69, 9.17) is 9.31 Å². The van der Waals surface area contributed by atoms with Crippen LogP contribution in [0, 0.1) is 5.92 Å². The molecule has 3 heteroatoms. The summed E-state index contributed by atoms with van der Waals surface area (Å²) in [6, 6.07) is 0. The van der Waals surface area contributed by atoms with Crippen LogP contribution in [0.5, 0.6) is 0 Å². The van der Waals surface area contributed by atoms with Gasteiger partial charge in [0.1, 0.15) is 0 Å². The van der Waals surface area contributed by atoms with Crippen molar-refractivity contribution in [3.05, 3.63) is 12.2 Å². The number of hydrogen-bond donors (Lipinski definition) is 0. The van der Waals surface area contributed by atoms with Gasteiger partial charge in [0.2, 0.25) is 0 Å². The minimum absolute atomic E-state index is 0.0438. The summed E-state index contributed by atoms with van der Waals surface area (Å²) in [5, 5.41) is 0. The molecule has 0 amide bonds. The minimum atomic E-state index is -0.193. The maximum absolute atomic E-state index is 5.95. The lowest BCUT2D eigenvalue weighted by Gasteiger charge is -2.32. The summed E-state index contributed by atoms with van der Waals surface area (Å²) in [5.74, 6) is 0.601. The van der Waals surface area contributed by atoms with Gasteiger partial charge in [0.15, 0.2) is 0 Å². The van der Waals surface area contributed by atoms with Crippen LogP contribution in [0.3, 0.4) is 0 Å². The molecule has 0 radical (unpaired) electrons. The molecule has 1 fully saturated rings. The Hall–Kier alpha value is -0.275. The van der Waals surface area contributed by atoms with Gasteiger partial charge < -0.3 is 9.31 Å². The second-order valence-electron chi connectivity index (χ2n) is 5.77. The Bertz CT molecular complexity index is 243. The molecule has 1 saturated heterocycles. The van der Waals surface area contributed by atoms with Crippen molar-refractivity contribution in [2.45, 2.75) is 65.5 Å². The van der Waals surface area contributed by atoms with Gasteiger partial charge in [-0.05, 0) is 53.3 Å². The fraction of sp³-hybridized carbons (Fsp3) is 0.846. The van der Waals surface area contributed by atoms with E-state index in [9.17, 15) is 0 Å². The van der Waals surface area contributed by atoms with Gasteiger partial charge in [-0.2, -0.15) is 0 Å². The van der Waals surface area contributed by atoms with Gasteiger partial charge in [0.25, 0.3) is 0 Å². The van der Waals surface area contributed by atoms with Crippen molar-refractivity contribution in [3.63, 3.8) is 0 Å². The van der Waals surface area contributed by atoms with E-state index in [1.807, 2.05) is 0 Å². The van der Waals surface area contributed by atoms with Crippen molar-refractivity contribution < 1.29 is 9.31 Å². The first-order valence-corrected chi connectivity index (χ1v) is 6.27. The second-order valence-corrected chi connectivity index (χ2v) is 5.77.